The summed E-state index contributed by atoms with van der Waals surface area (Å²) in [5, 5.41) is 10.5. The summed E-state index contributed by atoms with van der Waals surface area (Å²) >= 11 is 5.72. The molecule has 9 nitrogen and oxygen atoms in total. The number of methoxy groups -OCH3 is 1. The van der Waals surface area contributed by atoms with Crippen LogP contribution in [0.1, 0.15) is 0 Å². The molecule has 0 unspecified atom stereocenters. The number of rotatable bonds is 5. The fraction of sp³-hybridized carbons (Fsp3) is 0.0909. The van der Waals surface area contributed by atoms with Gasteiger partial charge in [-0.3, -0.25) is 14.8 Å². The molecule has 2 aromatic rings. The lowest BCUT2D eigenvalue weighted by Crippen LogP contribution is -2.14. The lowest BCUT2D eigenvalue weighted by Gasteiger charge is -2.08. The molecule has 0 amide bonds. The monoisotopic (exact) mass is 344 g/mol. The van der Waals surface area contributed by atoms with Gasteiger partial charge in [-0.15, -0.1) is 0 Å². The van der Waals surface area contributed by atoms with E-state index in [1.807, 2.05) is 0 Å². The summed E-state index contributed by atoms with van der Waals surface area (Å²) in [6.45, 7) is 0. The van der Waals surface area contributed by atoms with Crippen molar-refractivity contribution in [2.75, 3.05) is 11.8 Å². The van der Waals surface area contributed by atoms with E-state index in [9.17, 15) is 18.5 Å². The van der Waals surface area contributed by atoms with Crippen LogP contribution in [0.5, 0.6) is 6.01 Å². The molecule has 0 aliphatic rings. The molecule has 0 fully saturated rings. The first-order valence-corrected chi connectivity index (χ1v) is 7.54. The van der Waals surface area contributed by atoms with Crippen LogP contribution in [0.4, 0.5) is 11.5 Å². The lowest BCUT2D eigenvalue weighted by atomic mass is 10.3. The van der Waals surface area contributed by atoms with Crippen LogP contribution in [0.15, 0.2) is 35.2 Å². The van der Waals surface area contributed by atoms with Gasteiger partial charge in [-0.2, -0.15) is 9.97 Å². The van der Waals surface area contributed by atoms with Crippen molar-refractivity contribution in [2.45, 2.75) is 4.90 Å². The standard InChI is InChI=1S/C11H9ClN4O5S/c1-21-11-13-9(12)6-10(14-11)15-22(19,20)8-4-2-7(3-5-8)16(17)18/h2-6H,1H3,(H,13,14,15). The number of aromatic nitrogens is 2. The van der Waals surface area contributed by atoms with Crippen molar-refractivity contribution in [1.82, 2.24) is 9.97 Å². The number of hydrogen-bond donors (Lipinski definition) is 1. The Morgan fingerprint density at radius 1 is 1.27 bits per heavy atom. The van der Waals surface area contributed by atoms with Crippen LogP contribution in [0, 0.1) is 10.1 Å². The zero-order valence-electron chi connectivity index (χ0n) is 11.1. The molecule has 22 heavy (non-hydrogen) atoms. The van der Waals surface area contributed by atoms with Gasteiger partial charge < -0.3 is 4.74 Å². The number of sulfonamides is 1. The van der Waals surface area contributed by atoms with E-state index in [-0.39, 0.29) is 27.6 Å². The van der Waals surface area contributed by atoms with Crippen molar-refractivity contribution >= 4 is 33.1 Å². The highest BCUT2D eigenvalue weighted by Gasteiger charge is 2.17. The SMILES string of the molecule is COc1nc(Cl)cc(NS(=O)(=O)c2ccc([N+](=O)[O-])cc2)n1. The van der Waals surface area contributed by atoms with Gasteiger partial charge in [-0.05, 0) is 12.1 Å². The lowest BCUT2D eigenvalue weighted by molar-refractivity contribution is -0.384. The number of nitrogens with one attached hydrogen (secondary N) is 1. The first-order valence-electron chi connectivity index (χ1n) is 5.67. The van der Waals surface area contributed by atoms with Gasteiger partial charge in [-0.1, -0.05) is 11.6 Å². The first kappa shape index (κ1) is 15.9. The summed E-state index contributed by atoms with van der Waals surface area (Å²) < 4.78 is 31.3. The quantitative estimate of drug-likeness (QED) is 0.498. The Bertz CT molecular complexity index is 810. The van der Waals surface area contributed by atoms with E-state index in [0.29, 0.717) is 0 Å². The maximum atomic E-state index is 12.2. The maximum absolute atomic E-state index is 12.2. The Labute approximate surface area is 130 Å². The molecule has 0 bridgehead atoms. The number of benzene rings is 1. The molecular formula is C11H9ClN4O5S. The Hall–Kier alpha value is -2.46. The highest BCUT2D eigenvalue weighted by atomic mass is 35.5. The minimum absolute atomic E-state index is 0.00625. The fourth-order valence-electron chi connectivity index (χ4n) is 1.48. The molecule has 2 rings (SSSR count). The van der Waals surface area contributed by atoms with E-state index in [0.717, 1.165) is 24.3 Å². The number of hydrogen-bond acceptors (Lipinski definition) is 7. The van der Waals surface area contributed by atoms with Crippen molar-refractivity contribution in [3.05, 3.63) is 45.6 Å². The second kappa shape index (κ2) is 6.12. The molecule has 0 aliphatic heterocycles. The highest BCUT2D eigenvalue weighted by molar-refractivity contribution is 7.92. The zero-order chi connectivity index (χ0) is 16.3. The summed E-state index contributed by atoms with van der Waals surface area (Å²) in [7, 11) is -2.67. The molecule has 0 saturated heterocycles. The minimum atomic E-state index is -3.97. The number of nitro groups is 1. The van der Waals surface area contributed by atoms with Gasteiger partial charge in [-0.25, -0.2) is 8.42 Å². The largest absolute Gasteiger partial charge is 0.467 e. The van der Waals surface area contributed by atoms with Gasteiger partial charge in [0.25, 0.3) is 15.7 Å². The summed E-state index contributed by atoms with van der Waals surface area (Å²) in [5.41, 5.74) is -0.217. The van der Waals surface area contributed by atoms with E-state index >= 15 is 0 Å². The molecule has 0 aliphatic carbocycles. The summed E-state index contributed by atoms with van der Waals surface area (Å²) in [6, 6.07) is 5.49. The van der Waals surface area contributed by atoms with Gasteiger partial charge in [0.05, 0.1) is 16.9 Å². The molecule has 116 valence electrons. The molecular weight excluding hydrogens is 336 g/mol. The van der Waals surface area contributed by atoms with Crippen LogP contribution in [0.3, 0.4) is 0 Å². The Kier molecular flexibility index (Phi) is 4.43. The number of nitro benzene ring substituents is 1. The topological polar surface area (TPSA) is 124 Å². The van der Waals surface area contributed by atoms with Crippen LogP contribution in [-0.4, -0.2) is 30.4 Å². The predicted octanol–water partition coefficient (Wildman–Crippen LogP) is 1.85. The predicted molar refractivity (Wildman–Crippen MR) is 77.5 cm³/mol. The third-order valence-corrected chi connectivity index (χ3v) is 4.02. The van der Waals surface area contributed by atoms with Crippen molar-refractivity contribution in [3.8, 4) is 6.01 Å². The average molecular weight is 345 g/mol. The fourth-order valence-corrected chi connectivity index (χ4v) is 2.65. The van der Waals surface area contributed by atoms with Crippen LogP contribution in [0.2, 0.25) is 5.15 Å². The van der Waals surface area contributed by atoms with Crippen molar-refractivity contribution in [1.29, 1.82) is 0 Å². The van der Waals surface area contributed by atoms with Gasteiger partial charge in [0, 0.05) is 18.2 Å². The molecule has 1 heterocycles. The second-order valence-corrected chi connectivity index (χ2v) is 5.99. The molecule has 11 heteroatoms. The molecule has 0 radical (unpaired) electrons. The van der Waals surface area contributed by atoms with Gasteiger partial charge >= 0.3 is 6.01 Å². The van der Waals surface area contributed by atoms with Crippen LogP contribution in [0.25, 0.3) is 0 Å². The van der Waals surface area contributed by atoms with Crippen molar-refractivity contribution in [3.63, 3.8) is 0 Å². The molecule has 0 saturated carbocycles. The number of nitrogens with zero attached hydrogens (tertiary/aromatic N) is 3. The van der Waals surface area contributed by atoms with Crippen molar-refractivity contribution in [2.24, 2.45) is 0 Å². The molecule has 1 N–H and O–H groups in total. The molecule has 0 atom stereocenters. The number of ether oxygens (including phenoxy) is 1. The van der Waals surface area contributed by atoms with E-state index in [1.54, 1.807) is 0 Å². The smallest absolute Gasteiger partial charge is 0.319 e. The highest BCUT2D eigenvalue weighted by Crippen LogP contribution is 2.21. The summed E-state index contributed by atoms with van der Waals surface area (Å²) in [4.78, 5) is 17.3. The third-order valence-electron chi connectivity index (χ3n) is 2.45. The Balaban J connectivity index is 2.31. The zero-order valence-corrected chi connectivity index (χ0v) is 12.6. The van der Waals surface area contributed by atoms with Gasteiger partial charge in [0.1, 0.15) is 11.0 Å². The average Bonchev–Trinajstić information content (AvgIpc) is 2.46. The van der Waals surface area contributed by atoms with E-state index in [2.05, 4.69) is 14.7 Å². The molecule has 1 aromatic carbocycles. The van der Waals surface area contributed by atoms with Crippen LogP contribution < -0.4 is 9.46 Å². The normalized spacial score (nSPS) is 11.0. The number of halogens is 1. The molecule has 1 aromatic heterocycles. The third kappa shape index (κ3) is 3.59. The van der Waals surface area contributed by atoms with Crippen LogP contribution in [-0.2, 0) is 10.0 Å². The van der Waals surface area contributed by atoms with Gasteiger partial charge in [0.15, 0.2) is 0 Å². The minimum Gasteiger partial charge on any atom is -0.467 e. The van der Waals surface area contributed by atoms with E-state index < -0.39 is 14.9 Å². The van der Waals surface area contributed by atoms with Crippen molar-refractivity contribution < 1.29 is 18.1 Å². The summed E-state index contributed by atoms with van der Waals surface area (Å²) in [6.07, 6.45) is 0. The Morgan fingerprint density at radius 3 is 2.45 bits per heavy atom. The van der Waals surface area contributed by atoms with E-state index in [1.165, 1.54) is 13.2 Å². The first-order chi connectivity index (χ1) is 10.3. The van der Waals surface area contributed by atoms with E-state index in [4.69, 9.17) is 16.3 Å². The van der Waals surface area contributed by atoms with Gasteiger partial charge in [0.2, 0.25) is 0 Å². The molecule has 0 spiro atoms. The Morgan fingerprint density at radius 2 is 1.91 bits per heavy atom. The number of non-ortho nitro benzene ring substituents is 1. The summed E-state index contributed by atoms with van der Waals surface area (Å²) in [5.74, 6) is -0.0878. The maximum Gasteiger partial charge on any atom is 0.319 e. The van der Waals surface area contributed by atoms with Crippen LogP contribution >= 0.6 is 11.6 Å². The second-order valence-electron chi connectivity index (χ2n) is 3.92. The number of anilines is 1.